The summed E-state index contributed by atoms with van der Waals surface area (Å²) in [5.41, 5.74) is 5.93. The van der Waals surface area contributed by atoms with Crippen LogP contribution in [0.2, 0.25) is 0 Å². The summed E-state index contributed by atoms with van der Waals surface area (Å²) in [4.78, 5) is 10.2. The minimum Gasteiger partial charge on any atom is -0.493 e. The van der Waals surface area contributed by atoms with E-state index in [2.05, 4.69) is 41.0 Å². The maximum atomic E-state index is 6.35. The van der Waals surface area contributed by atoms with Crippen molar-refractivity contribution in [2.24, 2.45) is 0 Å². The second-order valence-corrected chi connectivity index (χ2v) is 8.22. The van der Waals surface area contributed by atoms with Gasteiger partial charge in [-0.15, -0.1) is 0 Å². The first kappa shape index (κ1) is 18.9. The van der Waals surface area contributed by atoms with Crippen LogP contribution in [0.1, 0.15) is 0 Å². The molecular weight excluding hydrogens is 422 g/mol. The third-order valence-electron chi connectivity index (χ3n) is 6.34. The molecule has 0 atom stereocenters. The Balaban J connectivity index is 1.66. The molecule has 3 heterocycles. The predicted molar refractivity (Wildman–Crippen MR) is 136 cm³/mol. The highest BCUT2D eigenvalue weighted by Gasteiger charge is 2.21. The molecule has 0 aliphatic carbocycles. The molecule has 0 saturated heterocycles. The number of aromatic nitrogens is 3. The molecule has 4 aromatic carbocycles. The van der Waals surface area contributed by atoms with Gasteiger partial charge in [0, 0.05) is 16.3 Å². The second kappa shape index (κ2) is 7.18. The maximum absolute atomic E-state index is 6.35. The number of nitrogens with zero attached hydrogens (tertiary/aromatic N) is 3. The third-order valence-corrected chi connectivity index (χ3v) is 6.34. The molecule has 3 aromatic heterocycles. The number of para-hydroxylation sites is 3. The monoisotopic (exact) mass is 441 g/mol. The Bertz CT molecular complexity index is 1800. The number of benzene rings is 4. The van der Waals surface area contributed by atoms with Gasteiger partial charge in [-0.05, 0) is 24.3 Å². The van der Waals surface area contributed by atoms with Crippen LogP contribution in [0, 0.1) is 0 Å². The van der Waals surface area contributed by atoms with Gasteiger partial charge in [-0.1, -0.05) is 72.8 Å². The Morgan fingerprint density at radius 3 is 2.00 bits per heavy atom. The normalized spacial score (nSPS) is 11.7. The van der Waals surface area contributed by atoms with E-state index < -0.39 is 0 Å². The summed E-state index contributed by atoms with van der Waals surface area (Å²) in [6, 6.07) is 32.7. The third kappa shape index (κ3) is 2.61. The van der Waals surface area contributed by atoms with Crippen molar-refractivity contribution in [1.82, 2.24) is 14.5 Å². The van der Waals surface area contributed by atoms with E-state index >= 15 is 0 Å². The quantitative estimate of drug-likeness (QED) is 0.292. The van der Waals surface area contributed by atoms with Crippen LogP contribution in [0.3, 0.4) is 0 Å². The van der Waals surface area contributed by atoms with Crippen molar-refractivity contribution in [3.05, 3.63) is 97.1 Å². The summed E-state index contributed by atoms with van der Waals surface area (Å²) >= 11 is 0. The van der Waals surface area contributed by atoms with Gasteiger partial charge in [0.15, 0.2) is 16.9 Å². The van der Waals surface area contributed by atoms with Crippen LogP contribution in [0.4, 0.5) is 0 Å². The molecule has 162 valence electrons. The fraction of sp³-hybridized carbons (Fsp3) is 0.0345. The van der Waals surface area contributed by atoms with Crippen LogP contribution < -0.4 is 4.74 Å². The first-order valence-corrected chi connectivity index (χ1v) is 11.1. The number of methoxy groups -OCH3 is 1. The molecule has 34 heavy (non-hydrogen) atoms. The van der Waals surface area contributed by atoms with Crippen molar-refractivity contribution in [2.45, 2.75) is 0 Å². The Morgan fingerprint density at radius 2 is 1.29 bits per heavy atom. The van der Waals surface area contributed by atoms with Gasteiger partial charge in [0.2, 0.25) is 5.95 Å². The number of hydrogen-bond donors (Lipinski definition) is 0. The average molecular weight is 441 g/mol. The molecule has 0 unspecified atom stereocenters. The van der Waals surface area contributed by atoms with E-state index in [1.165, 1.54) is 10.8 Å². The van der Waals surface area contributed by atoms with E-state index in [0.29, 0.717) is 22.9 Å². The summed E-state index contributed by atoms with van der Waals surface area (Å²) in [6.45, 7) is 0. The van der Waals surface area contributed by atoms with Crippen LogP contribution >= 0.6 is 0 Å². The highest BCUT2D eigenvalue weighted by atomic mass is 16.5. The molecule has 5 nitrogen and oxygen atoms in total. The summed E-state index contributed by atoms with van der Waals surface area (Å²) in [7, 11) is 1.65. The van der Waals surface area contributed by atoms with E-state index in [1.54, 1.807) is 7.11 Å². The smallest absolute Gasteiger partial charge is 0.236 e. The zero-order chi connectivity index (χ0) is 22.6. The molecule has 0 spiro atoms. The minimum absolute atomic E-state index is 0.606. The van der Waals surface area contributed by atoms with Gasteiger partial charge in [0.1, 0.15) is 11.2 Å². The van der Waals surface area contributed by atoms with E-state index in [4.69, 9.17) is 19.1 Å². The van der Waals surface area contributed by atoms with E-state index in [9.17, 15) is 0 Å². The Morgan fingerprint density at radius 1 is 0.647 bits per heavy atom. The molecule has 5 heteroatoms. The molecule has 0 aliphatic heterocycles. The zero-order valence-corrected chi connectivity index (χ0v) is 18.4. The molecule has 0 bridgehead atoms. The molecule has 0 fully saturated rings. The van der Waals surface area contributed by atoms with Crippen LogP contribution in [0.25, 0.3) is 61.1 Å². The number of rotatable bonds is 3. The Kier molecular flexibility index (Phi) is 3.99. The highest BCUT2D eigenvalue weighted by molar-refractivity contribution is 6.10. The standard InChI is InChI=1S/C29H19N3O2/c1-33-24-17-9-14-21-26-28(34-27(21)24)25(18-10-3-2-4-11-18)30-29(31-26)32-22-15-7-5-12-19(22)20-13-6-8-16-23(20)32/h2-17H,1H3. The Labute approximate surface area is 194 Å². The van der Waals surface area contributed by atoms with Crippen molar-refractivity contribution in [3.63, 3.8) is 0 Å². The fourth-order valence-corrected chi connectivity index (χ4v) is 4.82. The molecule has 0 aliphatic rings. The van der Waals surface area contributed by atoms with Crippen molar-refractivity contribution in [3.8, 4) is 23.0 Å². The lowest BCUT2D eigenvalue weighted by Gasteiger charge is -2.09. The van der Waals surface area contributed by atoms with Crippen LogP contribution in [-0.2, 0) is 0 Å². The molecule has 0 saturated carbocycles. The minimum atomic E-state index is 0.606. The van der Waals surface area contributed by atoms with Gasteiger partial charge < -0.3 is 9.15 Å². The summed E-state index contributed by atoms with van der Waals surface area (Å²) in [6.07, 6.45) is 0. The topological polar surface area (TPSA) is 53.1 Å². The highest BCUT2D eigenvalue weighted by Crippen LogP contribution is 2.39. The van der Waals surface area contributed by atoms with Crippen molar-refractivity contribution < 1.29 is 9.15 Å². The van der Waals surface area contributed by atoms with Gasteiger partial charge in [0.05, 0.1) is 23.5 Å². The lowest BCUT2D eigenvalue weighted by Crippen LogP contribution is -2.02. The van der Waals surface area contributed by atoms with Gasteiger partial charge in [-0.2, -0.15) is 0 Å². The van der Waals surface area contributed by atoms with E-state index in [0.717, 1.165) is 33.2 Å². The predicted octanol–water partition coefficient (Wildman–Crippen LogP) is 7.15. The first-order valence-electron chi connectivity index (χ1n) is 11.1. The number of hydrogen-bond acceptors (Lipinski definition) is 4. The van der Waals surface area contributed by atoms with Gasteiger partial charge in [-0.25, -0.2) is 9.97 Å². The zero-order valence-electron chi connectivity index (χ0n) is 18.4. The van der Waals surface area contributed by atoms with E-state index in [1.807, 2.05) is 60.7 Å². The lowest BCUT2D eigenvalue weighted by molar-refractivity contribution is 0.412. The Hall–Kier alpha value is -4.64. The first-order chi connectivity index (χ1) is 16.8. The molecular formula is C29H19N3O2. The lowest BCUT2D eigenvalue weighted by atomic mass is 10.1. The number of ether oxygens (including phenoxy) is 1. The van der Waals surface area contributed by atoms with Crippen LogP contribution in [0.5, 0.6) is 5.75 Å². The van der Waals surface area contributed by atoms with Crippen molar-refractivity contribution >= 4 is 43.9 Å². The summed E-state index contributed by atoms with van der Waals surface area (Å²) < 4.78 is 14.1. The SMILES string of the molecule is COc1cccc2c1oc1c(-c3ccccc3)nc(-n3c4ccccc4c4ccccc43)nc12. The fourth-order valence-electron chi connectivity index (χ4n) is 4.82. The van der Waals surface area contributed by atoms with Crippen molar-refractivity contribution in [1.29, 1.82) is 0 Å². The largest absolute Gasteiger partial charge is 0.493 e. The van der Waals surface area contributed by atoms with Crippen LogP contribution in [-0.4, -0.2) is 21.6 Å². The number of furan rings is 1. The molecule has 7 rings (SSSR count). The summed E-state index contributed by atoms with van der Waals surface area (Å²) in [5.74, 6) is 1.28. The molecule has 7 aromatic rings. The summed E-state index contributed by atoms with van der Waals surface area (Å²) in [5, 5.41) is 3.24. The van der Waals surface area contributed by atoms with Gasteiger partial charge in [-0.3, -0.25) is 4.57 Å². The second-order valence-electron chi connectivity index (χ2n) is 8.22. The van der Waals surface area contributed by atoms with Crippen molar-refractivity contribution in [2.75, 3.05) is 7.11 Å². The number of fused-ring (bicyclic) bond motifs is 6. The van der Waals surface area contributed by atoms with Gasteiger partial charge in [0.25, 0.3) is 0 Å². The molecule has 0 amide bonds. The average Bonchev–Trinajstić information content (AvgIpc) is 3.44. The molecule has 0 radical (unpaired) electrons. The maximum Gasteiger partial charge on any atom is 0.236 e. The van der Waals surface area contributed by atoms with E-state index in [-0.39, 0.29) is 0 Å². The molecule has 0 N–H and O–H groups in total. The van der Waals surface area contributed by atoms with Crippen LogP contribution in [0.15, 0.2) is 101 Å². The van der Waals surface area contributed by atoms with Gasteiger partial charge >= 0.3 is 0 Å².